The molecule has 1 aliphatic rings. The summed E-state index contributed by atoms with van der Waals surface area (Å²) >= 11 is 0. The first-order valence-corrected chi connectivity index (χ1v) is 5.93. The van der Waals surface area contributed by atoms with E-state index in [1.807, 2.05) is 7.05 Å². The van der Waals surface area contributed by atoms with Gasteiger partial charge >= 0.3 is 0 Å². The number of rotatable bonds is 6. The van der Waals surface area contributed by atoms with E-state index in [2.05, 4.69) is 17.2 Å². The van der Waals surface area contributed by atoms with Crippen LogP contribution < -0.4 is 11.3 Å². The van der Waals surface area contributed by atoms with E-state index in [1.165, 1.54) is 0 Å². The Balaban J connectivity index is 2.32. The van der Waals surface area contributed by atoms with Crippen LogP contribution in [-0.4, -0.2) is 56.4 Å². The van der Waals surface area contributed by atoms with Gasteiger partial charge < -0.3 is 9.47 Å². The van der Waals surface area contributed by atoms with Gasteiger partial charge in [-0.25, -0.2) is 5.84 Å². The van der Waals surface area contributed by atoms with E-state index < -0.39 is 6.10 Å². The number of ether oxygens (including phenoxy) is 2. The maximum absolute atomic E-state index is 11.3. The summed E-state index contributed by atoms with van der Waals surface area (Å²) in [5.74, 6) is 4.84. The third kappa shape index (κ3) is 4.23. The van der Waals surface area contributed by atoms with Gasteiger partial charge in [-0.15, -0.1) is 0 Å². The first-order valence-electron chi connectivity index (χ1n) is 5.93. The van der Waals surface area contributed by atoms with E-state index in [0.29, 0.717) is 12.6 Å². The van der Waals surface area contributed by atoms with Crippen LogP contribution in [0.2, 0.25) is 0 Å². The van der Waals surface area contributed by atoms with Crippen LogP contribution in [0.15, 0.2) is 0 Å². The zero-order valence-electron chi connectivity index (χ0n) is 10.8. The maximum Gasteiger partial charge on any atom is 0.263 e. The second-order valence-electron chi connectivity index (χ2n) is 4.58. The van der Waals surface area contributed by atoms with Crippen molar-refractivity contribution in [2.45, 2.75) is 38.0 Å². The molecule has 0 aromatic rings. The van der Waals surface area contributed by atoms with E-state index >= 15 is 0 Å². The summed E-state index contributed by atoms with van der Waals surface area (Å²) in [4.78, 5) is 13.5. The molecule has 0 aliphatic carbocycles. The van der Waals surface area contributed by atoms with Crippen molar-refractivity contribution in [1.82, 2.24) is 10.3 Å². The lowest BCUT2D eigenvalue weighted by atomic mass is 10.1. The van der Waals surface area contributed by atoms with Gasteiger partial charge in [-0.2, -0.15) is 0 Å². The molecule has 6 nitrogen and oxygen atoms in total. The minimum absolute atomic E-state index is 0.0987. The van der Waals surface area contributed by atoms with Gasteiger partial charge in [-0.1, -0.05) is 0 Å². The van der Waals surface area contributed by atoms with E-state index in [9.17, 15) is 4.79 Å². The molecule has 3 atom stereocenters. The summed E-state index contributed by atoms with van der Waals surface area (Å²) < 4.78 is 10.7. The smallest absolute Gasteiger partial charge is 0.263 e. The minimum atomic E-state index is -0.392. The van der Waals surface area contributed by atoms with Crippen LogP contribution in [0.4, 0.5) is 0 Å². The third-order valence-electron chi connectivity index (χ3n) is 3.19. The summed E-state index contributed by atoms with van der Waals surface area (Å²) in [5.41, 5.74) is 2.13. The predicted molar refractivity (Wildman–Crippen MR) is 64.2 cm³/mol. The highest BCUT2D eigenvalue weighted by atomic mass is 16.5. The highest BCUT2D eigenvalue weighted by Crippen LogP contribution is 2.20. The Bertz CT molecular complexity index is 250. The van der Waals surface area contributed by atoms with Crippen LogP contribution in [0.3, 0.4) is 0 Å². The summed E-state index contributed by atoms with van der Waals surface area (Å²) in [6.07, 6.45) is 1.33. The molecule has 0 saturated carbocycles. The largest absolute Gasteiger partial charge is 0.383 e. The van der Waals surface area contributed by atoms with Crippen LogP contribution in [0, 0.1) is 0 Å². The molecule has 1 fully saturated rings. The summed E-state index contributed by atoms with van der Waals surface area (Å²) in [6.45, 7) is 3.59. The number of hydrogen-bond donors (Lipinski definition) is 2. The van der Waals surface area contributed by atoms with Crippen molar-refractivity contribution >= 4 is 5.91 Å². The van der Waals surface area contributed by atoms with E-state index in [1.54, 1.807) is 7.11 Å². The van der Waals surface area contributed by atoms with E-state index in [4.69, 9.17) is 15.3 Å². The van der Waals surface area contributed by atoms with Gasteiger partial charge in [0.25, 0.3) is 5.91 Å². The molecule has 1 rings (SSSR count). The van der Waals surface area contributed by atoms with Gasteiger partial charge in [0.1, 0.15) is 6.10 Å². The minimum Gasteiger partial charge on any atom is -0.383 e. The third-order valence-corrected chi connectivity index (χ3v) is 3.19. The molecule has 0 aromatic heterocycles. The van der Waals surface area contributed by atoms with Crippen LogP contribution in [0.25, 0.3) is 0 Å². The molecule has 100 valence electrons. The Morgan fingerprint density at radius 1 is 1.65 bits per heavy atom. The average molecular weight is 245 g/mol. The Labute approximate surface area is 102 Å². The standard InChI is InChI=1S/C11H23N3O3/c1-8(7-16-3)14(2)6-9-4-5-10(17-9)11(15)13-12/h8-10H,4-7,12H2,1-3H3,(H,13,15). The number of likely N-dealkylation sites (N-methyl/N-ethyl adjacent to an activating group) is 1. The van der Waals surface area contributed by atoms with Crippen molar-refractivity contribution in [3.63, 3.8) is 0 Å². The Morgan fingerprint density at radius 2 is 2.35 bits per heavy atom. The Morgan fingerprint density at radius 3 is 2.94 bits per heavy atom. The van der Waals surface area contributed by atoms with Gasteiger partial charge in [0, 0.05) is 19.7 Å². The summed E-state index contributed by atoms with van der Waals surface area (Å²) in [7, 11) is 3.72. The number of hydrogen-bond acceptors (Lipinski definition) is 5. The maximum atomic E-state index is 11.3. The van der Waals surface area contributed by atoms with Gasteiger partial charge in [0.15, 0.2) is 0 Å². The van der Waals surface area contributed by atoms with Crippen molar-refractivity contribution in [2.24, 2.45) is 5.84 Å². The molecule has 0 aromatic carbocycles. The van der Waals surface area contributed by atoms with Crippen LogP contribution >= 0.6 is 0 Å². The number of hydrazine groups is 1. The molecule has 1 heterocycles. The molecule has 0 radical (unpaired) electrons. The number of methoxy groups -OCH3 is 1. The highest BCUT2D eigenvalue weighted by Gasteiger charge is 2.31. The van der Waals surface area contributed by atoms with E-state index in [0.717, 1.165) is 19.4 Å². The van der Waals surface area contributed by atoms with Crippen molar-refractivity contribution in [3.8, 4) is 0 Å². The molecule has 3 N–H and O–H groups in total. The molecule has 1 amide bonds. The molecular weight excluding hydrogens is 222 g/mol. The molecule has 1 saturated heterocycles. The van der Waals surface area contributed by atoms with Crippen molar-refractivity contribution in [2.75, 3.05) is 27.3 Å². The Kier molecular flexibility index (Phi) is 5.84. The number of amides is 1. The molecule has 0 bridgehead atoms. The Hall–Kier alpha value is -0.690. The number of nitrogens with two attached hydrogens (primary N) is 1. The fourth-order valence-corrected chi connectivity index (χ4v) is 2.00. The molecule has 6 heteroatoms. The van der Waals surface area contributed by atoms with Crippen molar-refractivity contribution in [1.29, 1.82) is 0 Å². The molecule has 3 unspecified atom stereocenters. The summed E-state index contributed by atoms with van der Waals surface area (Å²) in [5, 5.41) is 0. The molecular formula is C11H23N3O3. The van der Waals surface area contributed by atoms with Crippen molar-refractivity contribution in [3.05, 3.63) is 0 Å². The van der Waals surface area contributed by atoms with E-state index in [-0.39, 0.29) is 12.0 Å². The van der Waals surface area contributed by atoms with Crippen LogP contribution in [0.1, 0.15) is 19.8 Å². The van der Waals surface area contributed by atoms with Gasteiger partial charge in [0.2, 0.25) is 0 Å². The number of nitrogens with one attached hydrogen (secondary N) is 1. The monoisotopic (exact) mass is 245 g/mol. The highest BCUT2D eigenvalue weighted by molar-refractivity contribution is 5.80. The second-order valence-corrected chi connectivity index (χ2v) is 4.58. The van der Waals surface area contributed by atoms with Crippen LogP contribution in [0.5, 0.6) is 0 Å². The first-order chi connectivity index (χ1) is 8.08. The lowest BCUT2D eigenvalue weighted by Crippen LogP contribution is -2.41. The normalized spacial score (nSPS) is 26.2. The number of nitrogens with zero attached hydrogens (tertiary/aromatic N) is 1. The quantitative estimate of drug-likeness (QED) is 0.374. The second kappa shape index (κ2) is 6.90. The fraction of sp³-hybridized carbons (Fsp3) is 0.909. The summed E-state index contributed by atoms with van der Waals surface area (Å²) in [6, 6.07) is 0.339. The lowest BCUT2D eigenvalue weighted by molar-refractivity contribution is -0.132. The SMILES string of the molecule is COCC(C)N(C)CC1CCC(C(=O)NN)O1. The van der Waals surface area contributed by atoms with Crippen LogP contribution in [-0.2, 0) is 14.3 Å². The predicted octanol–water partition coefficient (Wildman–Crippen LogP) is -0.509. The van der Waals surface area contributed by atoms with Gasteiger partial charge in [0.05, 0.1) is 12.7 Å². The van der Waals surface area contributed by atoms with Gasteiger partial charge in [-0.3, -0.25) is 15.1 Å². The molecule has 1 aliphatic heterocycles. The average Bonchev–Trinajstić information content (AvgIpc) is 2.76. The zero-order valence-corrected chi connectivity index (χ0v) is 10.8. The number of carbonyl (C=O) groups is 1. The lowest BCUT2D eigenvalue weighted by Gasteiger charge is -2.26. The topological polar surface area (TPSA) is 76.8 Å². The van der Waals surface area contributed by atoms with Gasteiger partial charge in [-0.05, 0) is 26.8 Å². The zero-order chi connectivity index (χ0) is 12.8. The fourth-order valence-electron chi connectivity index (χ4n) is 2.00. The first kappa shape index (κ1) is 14.4. The van der Waals surface area contributed by atoms with Crippen molar-refractivity contribution < 1.29 is 14.3 Å². The molecule has 0 spiro atoms. The number of carbonyl (C=O) groups excluding carboxylic acids is 1. The molecule has 17 heavy (non-hydrogen) atoms.